The molecule has 1 aliphatic heterocycles. The van der Waals surface area contributed by atoms with Crippen molar-refractivity contribution in [2.45, 2.75) is 31.7 Å². The van der Waals surface area contributed by atoms with Gasteiger partial charge in [-0.05, 0) is 44.2 Å². The minimum atomic E-state index is -0.490. The molecule has 0 aliphatic carbocycles. The van der Waals surface area contributed by atoms with Gasteiger partial charge in [-0.1, -0.05) is 12.8 Å². The summed E-state index contributed by atoms with van der Waals surface area (Å²) in [4.78, 5) is 26.8. The van der Waals surface area contributed by atoms with Crippen molar-refractivity contribution >= 4 is 23.3 Å². The Hall–Kier alpha value is -2.87. The smallest absolute Gasteiger partial charge is 0.321 e. The maximum Gasteiger partial charge on any atom is 0.321 e. The number of carbonyl (C=O) groups is 2. The molecule has 0 spiro atoms. The Labute approximate surface area is 165 Å². The quantitative estimate of drug-likeness (QED) is 0.739. The highest BCUT2D eigenvalue weighted by Crippen LogP contribution is 2.18. The van der Waals surface area contributed by atoms with Gasteiger partial charge in [0.05, 0.1) is 6.20 Å². The van der Waals surface area contributed by atoms with Crippen molar-refractivity contribution in [3.63, 3.8) is 0 Å². The Morgan fingerprint density at radius 2 is 1.61 bits per heavy atom. The average molecular weight is 384 g/mol. The van der Waals surface area contributed by atoms with Crippen LogP contribution in [0.15, 0.2) is 36.7 Å². The first-order chi connectivity index (χ1) is 13.6. The third kappa shape index (κ3) is 5.10. The minimum absolute atomic E-state index is 0.0643. The van der Waals surface area contributed by atoms with E-state index in [1.54, 1.807) is 42.2 Å². The van der Waals surface area contributed by atoms with Gasteiger partial charge >= 0.3 is 6.03 Å². The van der Waals surface area contributed by atoms with Gasteiger partial charge < -0.3 is 20.9 Å². The van der Waals surface area contributed by atoms with E-state index in [9.17, 15) is 9.59 Å². The SMILES string of the molecule is CNC(C(=O)Nc1ccc(NC(=O)N2CCCCCC2)cc1)c1cnn(C)c1. The Bertz CT molecular complexity index is 793. The number of nitrogens with one attached hydrogen (secondary N) is 3. The van der Waals surface area contributed by atoms with Crippen molar-refractivity contribution in [1.82, 2.24) is 20.0 Å². The molecule has 3 amide bonds. The van der Waals surface area contributed by atoms with E-state index in [0.29, 0.717) is 11.4 Å². The maximum absolute atomic E-state index is 12.6. The zero-order chi connectivity index (χ0) is 19.9. The monoisotopic (exact) mass is 384 g/mol. The van der Waals surface area contributed by atoms with Gasteiger partial charge in [-0.15, -0.1) is 0 Å². The molecule has 3 rings (SSSR count). The summed E-state index contributed by atoms with van der Waals surface area (Å²) in [6.45, 7) is 1.61. The lowest BCUT2D eigenvalue weighted by Crippen LogP contribution is -2.35. The van der Waals surface area contributed by atoms with Crippen LogP contribution in [-0.4, -0.2) is 46.8 Å². The van der Waals surface area contributed by atoms with Gasteiger partial charge in [0.15, 0.2) is 0 Å². The van der Waals surface area contributed by atoms with Crippen molar-refractivity contribution in [2.75, 3.05) is 30.8 Å². The van der Waals surface area contributed by atoms with Crippen LogP contribution in [0.4, 0.5) is 16.2 Å². The normalized spacial score (nSPS) is 15.6. The van der Waals surface area contributed by atoms with Gasteiger partial charge in [0, 0.05) is 43.3 Å². The number of amides is 3. The van der Waals surface area contributed by atoms with Crippen LogP contribution in [-0.2, 0) is 11.8 Å². The van der Waals surface area contributed by atoms with Crippen molar-refractivity contribution in [1.29, 1.82) is 0 Å². The van der Waals surface area contributed by atoms with Crippen molar-refractivity contribution < 1.29 is 9.59 Å². The summed E-state index contributed by atoms with van der Waals surface area (Å²) in [7, 11) is 3.55. The number of aromatic nitrogens is 2. The lowest BCUT2D eigenvalue weighted by atomic mass is 10.1. The third-order valence-electron chi connectivity index (χ3n) is 4.91. The molecular weight excluding hydrogens is 356 g/mol. The van der Waals surface area contributed by atoms with E-state index in [-0.39, 0.29) is 11.9 Å². The van der Waals surface area contributed by atoms with Gasteiger partial charge in [-0.25, -0.2) is 4.79 Å². The van der Waals surface area contributed by atoms with Crippen LogP contribution in [0.3, 0.4) is 0 Å². The van der Waals surface area contributed by atoms with Gasteiger partial charge in [-0.3, -0.25) is 9.48 Å². The fraction of sp³-hybridized carbons (Fsp3) is 0.450. The van der Waals surface area contributed by atoms with E-state index in [4.69, 9.17) is 0 Å². The molecule has 8 nitrogen and oxygen atoms in total. The zero-order valence-corrected chi connectivity index (χ0v) is 16.4. The molecule has 1 saturated heterocycles. The Morgan fingerprint density at radius 3 is 2.14 bits per heavy atom. The minimum Gasteiger partial charge on any atom is -0.325 e. The van der Waals surface area contributed by atoms with Crippen LogP contribution in [0, 0.1) is 0 Å². The van der Waals surface area contributed by atoms with Crippen LogP contribution >= 0.6 is 0 Å². The maximum atomic E-state index is 12.6. The molecule has 2 heterocycles. The molecule has 1 atom stereocenters. The lowest BCUT2D eigenvalue weighted by molar-refractivity contribution is -0.118. The number of nitrogens with zero attached hydrogens (tertiary/aromatic N) is 3. The second-order valence-corrected chi connectivity index (χ2v) is 7.07. The first-order valence-corrected chi connectivity index (χ1v) is 9.69. The van der Waals surface area contributed by atoms with E-state index in [0.717, 1.165) is 31.5 Å². The molecule has 0 radical (unpaired) electrons. The topological polar surface area (TPSA) is 91.3 Å². The lowest BCUT2D eigenvalue weighted by Gasteiger charge is -2.21. The van der Waals surface area contributed by atoms with E-state index in [1.165, 1.54) is 12.8 Å². The fourth-order valence-corrected chi connectivity index (χ4v) is 3.37. The number of likely N-dealkylation sites (tertiary alicyclic amines) is 1. The molecule has 1 unspecified atom stereocenters. The predicted molar refractivity (Wildman–Crippen MR) is 109 cm³/mol. The summed E-state index contributed by atoms with van der Waals surface area (Å²) in [6.07, 6.45) is 7.96. The van der Waals surface area contributed by atoms with Crippen molar-refractivity contribution in [3.05, 3.63) is 42.2 Å². The first kappa shape index (κ1) is 19.9. The second-order valence-electron chi connectivity index (χ2n) is 7.07. The fourth-order valence-electron chi connectivity index (χ4n) is 3.37. The summed E-state index contributed by atoms with van der Waals surface area (Å²) in [5, 5.41) is 12.9. The number of benzene rings is 1. The molecule has 8 heteroatoms. The van der Waals surface area contributed by atoms with Crippen LogP contribution < -0.4 is 16.0 Å². The Kier molecular flexibility index (Phi) is 6.65. The number of rotatable bonds is 5. The van der Waals surface area contributed by atoms with E-state index in [2.05, 4.69) is 21.0 Å². The van der Waals surface area contributed by atoms with Gasteiger partial charge in [-0.2, -0.15) is 5.10 Å². The summed E-state index contributed by atoms with van der Waals surface area (Å²) >= 11 is 0. The first-order valence-electron chi connectivity index (χ1n) is 9.69. The second kappa shape index (κ2) is 9.36. The van der Waals surface area contributed by atoms with Gasteiger partial charge in [0.2, 0.25) is 5.91 Å². The number of urea groups is 1. The van der Waals surface area contributed by atoms with Crippen LogP contribution in [0.2, 0.25) is 0 Å². The summed E-state index contributed by atoms with van der Waals surface area (Å²) in [5.74, 6) is -0.170. The summed E-state index contributed by atoms with van der Waals surface area (Å²) in [5.41, 5.74) is 2.18. The third-order valence-corrected chi connectivity index (χ3v) is 4.91. The van der Waals surface area contributed by atoms with E-state index < -0.39 is 6.04 Å². The average Bonchev–Trinajstić information content (AvgIpc) is 2.94. The van der Waals surface area contributed by atoms with Crippen LogP contribution in [0.5, 0.6) is 0 Å². The van der Waals surface area contributed by atoms with E-state index in [1.807, 2.05) is 18.1 Å². The molecule has 1 aromatic carbocycles. The molecule has 0 bridgehead atoms. The Morgan fingerprint density at radius 1 is 1.00 bits per heavy atom. The van der Waals surface area contributed by atoms with E-state index >= 15 is 0 Å². The Balaban J connectivity index is 1.57. The van der Waals surface area contributed by atoms with Crippen molar-refractivity contribution in [3.8, 4) is 0 Å². The molecule has 2 aromatic rings. The number of aryl methyl sites for hydroxylation is 1. The molecular formula is C20H28N6O2. The largest absolute Gasteiger partial charge is 0.325 e. The molecule has 0 saturated carbocycles. The number of anilines is 2. The standard InChI is InChI=1S/C20H28N6O2/c1-21-18(15-13-22-25(2)14-15)19(27)23-16-7-9-17(10-8-16)24-20(28)26-11-5-3-4-6-12-26/h7-10,13-14,18,21H,3-6,11-12H2,1-2H3,(H,23,27)(H,24,28). The van der Waals surface area contributed by atoms with Crippen LogP contribution in [0.1, 0.15) is 37.3 Å². The highest BCUT2D eigenvalue weighted by molar-refractivity contribution is 5.96. The molecule has 3 N–H and O–H groups in total. The number of hydrogen-bond donors (Lipinski definition) is 3. The zero-order valence-electron chi connectivity index (χ0n) is 16.4. The number of hydrogen-bond acceptors (Lipinski definition) is 4. The highest BCUT2D eigenvalue weighted by Gasteiger charge is 2.20. The summed E-state index contributed by atoms with van der Waals surface area (Å²) in [6, 6.07) is 6.60. The van der Waals surface area contributed by atoms with Gasteiger partial charge in [0.25, 0.3) is 0 Å². The van der Waals surface area contributed by atoms with Crippen LogP contribution in [0.25, 0.3) is 0 Å². The number of likely N-dealkylation sites (N-methyl/N-ethyl adjacent to an activating group) is 1. The molecule has 1 aromatic heterocycles. The summed E-state index contributed by atoms with van der Waals surface area (Å²) < 4.78 is 1.66. The molecule has 150 valence electrons. The predicted octanol–water partition coefficient (Wildman–Crippen LogP) is 2.73. The van der Waals surface area contributed by atoms with Gasteiger partial charge in [0.1, 0.15) is 6.04 Å². The van der Waals surface area contributed by atoms with Crippen molar-refractivity contribution in [2.24, 2.45) is 7.05 Å². The molecule has 1 fully saturated rings. The highest BCUT2D eigenvalue weighted by atomic mass is 16.2. The molecule has 28 heavy (non-hydrogen) atoms. The number of carbonyl (C=O) groups excluding carboxylic acids is 2. The molecule has 1 aliphatic rings.